The number of pyridine rings is 1. The van der Waals surface area contributed by atoms with E-state index in [1.165, 1.54) is 6.07 Å². The van der Waals surface area contributed by atoms with Crippen molar-refractivity contribution in [1.82, 2.24) is 4.57 Å². The molecule has 0 bridgehead atoms. The summed E-state index contributed by atoms with van der Waals surface area (Å²) in [5.41, 5.74) is 4.77. The Morgan fingerprint density at radius 3 is 2.33 bits per heavy atom. The van der Waals surface area contributed by atoms with Gasteiger partial charge in [-0.3, -0.25) is 9.36 Å². The van der Waals surface area contributed by atoms with Crippen LogP contribution in [0.25, 0.3) is 16.5 Å². The second kappa shape index (κ2) is 4.96. The Bertz CT molecular complexity index is 898. The number of hydrogen-bond donors (Lipinski definition) is 1. The van der Waals surface area contributed by atoms with E-state index in [4.69, 9.17) is 5.73 Å². The van der Waals surface area contributed by atoms with Crippen molar-refractivity contribution in [1.29, 1.82) is 0 Å². The molecule has 0 radical (unpaired) electrons. The van der Waals surface area contributed by atoms with Crippen molar-refractivity contribution in [3.05, 3.63) is 68.9 Å². The van der Waals surface area contributed by atoms with Crippen LogP contribution >= 0.6 is 15.9 Å². The van der Waals surface area contributed by atoms with Gasteiger partial charge in [0, 0.05) is 9.86 Å². The van der Waals surface area contributed by atoms with Gasteiger partial charge in [0.2, 0.25) is 0 Å². The summed E-state index contributed by atoms with van der Waals surface area (Å²) in [5.74, 6) is -1.77. The molecule has 0 fully saturated rings. The van der Waals surface area contributed by atoms with Gasteiger partial charge in [-0.2, -0.15) is 0 Å². The molecule has 6 heteroatoms. The largest absolute Gasteiger partial charge is 0.385 e. The summed E-state index contributed by atoms with van der Waals surface area (Å²) in [6.07, 6.45) is 0. The first-order chi connectivity index (χ1) is 9.99. The van der Waals surface area contributed by atoms with E-state index in [0.29, 0.717) is 10.8 Å². The SMILES string of the molecule is Nc1cc2ccccc2c(=O)n1-c1c(F)cc(Br)cc1F. The minimum Gasteiger partial charge on any atom is -0.385 e. The molecule has 0 aliphatic heterocycles. The van der Waals surface area contributed by atoms with E-state index in [1.54, 1.807) is 24.3 Å². The summed E-state index contributed by atoms with van der Waals surface area (Å²) in [7, 11) is 0. The number of rotatable bonds is 1. The highest BCUT2D eigenvalue weighted by atomic mass is 79.9. The van der Waals surface area contributed by atoms with Crippen LogP contribution in [0.3, 0.4) is 0 Å². The molecule has 21 heavy (non-hydrogen) atoms. The van der Waals surface area contributed by atoms with Crippen LogP contribution in [-0.4, -0.2) is 4.57 Å². The topological polar surface area (TPSA) is 48.0 Å². The number of fused-ring (bicyclic) bond motifs is 1. The molecule has 2 N–H and O–H groups in total. The van der Waals surface area contributed by atoms with Gasteiger partial charge in [-0.25, -0.2) is 8.78 Å². The number of benzene rings is 2. The van der Waals surface area contributed by atoms with Crippen molar-refractivity contribution < 1.29 is 8.78 Å². The number of anilines is 1. The lowest BCUT2D eigenvalue weighted by molar-refractivity contribution is 0.567. The molecule has 0 aliphatic carbocycles. The van der Waals surface area contributed by atoms with Crippen LogP contribution in [0.1, 0.15) is 0 Å². The van der Waals surface area contributed by atoms with Crippen molar-refractivity contribution in [2.75, 3.05) is 5.73 Å². The third-order valence-corrected chi connectivity index (χ3v) is 3.62. The summed E-state index contributed by atoms with van der Waals surface area (Å²) in [5, 5.41) is 0.961. The first kappa shape index (κ1) is 13.8. The third kappa shape index (κ3) is 2.21. The number of halogens is 3. The van der Waals surface area contributed by atoms with Gasteiger partial charge in [0.1, 0.15) is 11.5 Å². The minimum absolute atomic E-state index is 0.0289. The smallest absolute Gasteiger partial charge is 0.264 e. The second-order valence-corrected chi connectivity index (χ2v) is 5.43. The zero-order valence-corrected chi connectivity index (χ0v) is 12.2. The van der Waals surface area contributed by atoms with E-state index in [2.05, 4.69) is 15.9 Å². The Morgan fingerprint density at radius 2 is 1.67 bits per heavy atom. The lowest BCUT2D eigenvalue weighted by Gasteiger charge is -2.13. The highest BCUT2D eigenvalue weighted by Crippen LogP contribution is 2.25. The maximum atomic E-state index is 14.1. The molecule has 2 aromatic carbocycles. The van der Waals surface area contributed by atoms with Crippen molar-refractivity contribution in [2.24, 2.45) is 0 Å². The lowest BCUT2D eigenvalue weighted by Crippen LogP contribution is -2.23. The first-order valence-corrected chi connectivity index (χ1v) is 6.83. The minimum atomic E-state index is -0.869. The third-order valence-electron chi connectivity index (χ3n) is 3.16. The van der Waals surface area contributed by atoms with Crippen molar-refractivity contribution in [2.45, 2.75) is 0 Å². The van der Waals surface area contributed by atoms with Crippen LogP contribution in [0.15, 0.2) is 51.7 Å². The monoisotopic (exact) mass is 350 g/mol. The summed E-state index contributed by atoms with van der Waals surface area (Å²) in [6, 6.07) is 10.4. The summed E-state index contributed by atoms with van der Waals surface area (Å²) in [4.78, 5) is 12.5. The summed E-state index contributed by atoms with van der Waals surface area (Å²) < 4.78 is 29.2. The van der Waals surface area contributed by atoms with E-state index in [1.807, 2.05) is 0 Å². The zero-order valence-electron chi connectivity index (χ0n) is 10.6. The maximum absolute atomic E-state index is 14.1. The fourth-order valence-electron chi connectivity index (χ4n) is 2.26. The highest BCUT2D eigenvalue weighted by Gasteiger charge is 2.17. The van der Waals surface area contributed by atoms with Gasteiger partial charge in [0.05, 0.1) is 0 Å². The predicted molar refractivity (Wildman–Crippen MR) is 81.6 cm³/mol. The molecule has 3 aromatic rings. The van der Waals surface area contributed by atoms with Crippen LogP contribution in [0, 0.1) is 11.6 Å². The van der Waals surface area contributed by atoms with Gasteiger partial charge in [0.15, 0.2) is 11.6 Å². The quantitative estimate of drug-likeness (QED) is 0.728. The number of nitrogens with two attached hydrogens (primary N) is 1. The fraction of sp³-hybridized carbons (Fsp3) is 0. The normalized spacial score (nSPS) is 11.0. The van der Waals surface area contributed by atoms with Crippen LogP contribution < -0.4 is 11.3 Å². The predicted octanol–water partition coefficient (Wildman–Crippen LogP) is 3.61. The molecule has 0 saturated carbocycles. The number of nitrogens with zero attached hydrogens (tertiary/aromatic N) is 1. The lowest BCUT2D eigenvalue weighted by atomic mass is 10.1. The van der Waals surface area contributed by atoms with Crippen LogP contribution in [0.2, 0.25) is 0 Å². The van der Waals surface area contributed by atoms with E-state index < -0.39 is 22.9 Å². The number of nitrogen functional groups attached to an aromatic ring is 1. The van der Waals surface area contributed by atoms with Gasteiger partial charge >= 0.3 is 0 Å². The Balaban J connectivity index is 2.44. The highest BCUT2D eigenvalue weighted by molar-refractivity contribution is 9.10. The van der Waals surface area contributed by atoms with E-state index >= 15 is 0 Å². The number of hydrogen-bond acceptors (Lipinski definition) is 2. The molecule has 0 unspecified atom stereocenters. The standard InChI is InChI=1S/C15H9BrF2N2O/c16-9-6-11(17)14(12(18)7-9)20-13(19)5-8-3-1-2-4-10(8)15(20)21/h1-7H,19H2. The van der Waals surface area contributed by atoms with Crippen LogP contribution in [0.4, 0.5) is 14.6 Å². The maximum Gasteiger partial charge on any atom is 0.264 e. The first-order valence-electron chi connectivity index (χ1n) is 6.04. The Morgan fingerprint density at radius 1 is 1.05 bits per heavy atom. The van der Waals surface area contributed by atoms with Crippen molar-refractivity contribution in [3.8, 4) is 5.69 Å². The van der Waals surface area contributed by atoms with Gasteiger partial charge < -0.3 is 5.73 Å². The molecule has 0 atom stereocenters. The Kier molecular flexibility index (Phi) is 3.25. The average Bonchev–Trinajstić information content (AvgIpc) is 2.41. The van der Waals surface area contributed by atoms with Crippen molar-refractivity contribution in [3.63, 3.8) is 0 Å². The van der Waals surface area contributed by atoms with Gasteiger partial charge in [0.25, 0.3) is 5.56 Å². The van der Waals surface area contributed by atoms with Gasteiger partial charge in [-0.1, -0.05) is 34.1 Å². The summed E-state index contributed by atoms with van der Waals surface area (Å²) in [6.45, 7) is 0. The average molecular weight is 351 g/mol. The summed E-state index contributed by atoms with van der Waals surface area (Å²) >= 11 is 3.00. The zero-order chi connectivity index (χ0) is 15.1. The van der Waals surface area contributed by atoms with Gasteiger partial charge in [-0.05, 0) is 29.7 Å². The Labute approximate surface area is 126 Å². The molecule has 3 rings (SSSR count). The van der Waals surface area contributed by atoms with Gasteiger partial charge in [-0.15, -0.1) is 0 Å². The number of aromatic nitrogens is 1. The molecule has 0 aliphatic rings. The molecule has 0 saturated heterocycles. The Hall–Kier alpha value is -2.21. The van der Waals surface area contributed by atoms with Crippen molar-refractivity contribution >= 4 is 32.5 Å². The van der Waals surface area contributed by atoms with E-state index in [0.717, 1.165) is 16.7 Å². The van der Waals surface area contributed by atoms with E-state index in [9.17, 15) is 13.6 Å². The molecule has 106 valence electrons. The van der Waals surface area contributed by atoms with E-state index in [-0.39, 0.29) is 10.3 Å². The van der Waals surface area contributed by atoms with Crippen LogP contribution in [0.5, 0.6) is 0 Å². The molecular formula is C15H9BrF2N2O. The second-order valence-electron chi connectivity index (χ2n) is 4.52. The van der Waals surface area contributed by atoms with Crippen LogP contribution in [-0.2, 0) is 0 Å². The molecule has 0 amide bonds. The molecule has 3 nitrogen and oxygen atoms in total. The molecular weight excluding hydrogens is 342 g/mol. The molecule has 1 aromatic heterocycles. The molecule has 1 heterocycles. The fourth-order valence-corrected chi connectivity index (χ4v) is 2.66. The molecule has 0 spiro atoms.